The van der Waals surface area contributed by atoms with Crippen LogP contribution in [0.2, 0.25) is 5.02 Å². The van der Waals surface area contributed by atoms with Crippen molar-refractivity contribution in [3.63, 3.8) is 0 Å². The van der Waals surface area contributed by atoms with Crippen LogP contribution < -0.4 is 0 Å². The molecule has 1 aromatic carbocycles. The second-order valence-corrected chi connectivity index (χ2v) is 4.35. The summed E-state index contributed by atoms with van der Waals surface area (Å²) in [7, 11) is 0. The number of hydrogen-bond acceptors (Lipinski definition) is 1. The molecular formula is C13H15ClN2. The van der Waals surface area contributed by atoms with Crippen LogP contribution in [0.5, 0.6) is 0 Å². The number of nitrogens with zero attached hydrogens (tertiary/aromatic N) is 2. The molecule has 0 atom stereocenters. The lowest BCUT2D eigenvalue weighted by Gasteiger charge is -2.07. The van der Waals surface area contributed by atoms with E-state index in [0.717, 1.165) is 23.6 Å². The lowest BCUT2D eigenvalue weighted by atomic mass is 10.2. The Morgan fingerprint density at radius 3 is 2.56 bits per heavy atom. The van der Waals surface area contributed by atoms with Gasteiger partial charge in [0.2, 0.25) is 0 Å². The average Bonchev–Trinajstić information content (AvgIpc) is 2.63. The van der Waals surface area contributed by atoms with E-state index < -0.39 is 0 Å². The van der Waals surface area contributed by atoms with Crippen molar-refractivity contribution in [2.45, 2.75) is 26.7 Å². The highest BCUT2D eigenvalue weighted by Gasteiger charge is 2.07. The molecule has 2 nitrogen and oxygen atoms in total. The van der Waals surface area contributed by atoms with E-state index in [9.17, 15) is 0 Å². The zero-order valence-electron chi connectivity index (χ0n) is 9.57. The van der Waals surface area contributed by atoms with Crippen molar-refractivity contribution in [2.75, 3.05) is 0 Å². The Bertz CT molecular complexity index is 471. The molecule has 0 aliphatic rings. The van der Waals surface area contributed by atoms with Crippen LogP contribution in [-0.2, 0) is 6.42 Å². The Morgan fingerprint density at radius 2 is 1.94 bits per heavy atom. The first-order chi connectivity index (χ1) is 7.72. The number of benzene rings is 1. The fourth-order valence-corrected chi connectivity index (χ4v) is 1.93. The summed E-state index contributed by atoms with van der Waals surface area (Å²) in [6, 6.07) is 7.77. The topological polar surface area (TPSA) is 17.8 Å². The predicted molar refractivity (Wildman–Crippen MR) is 67.3 cm³/mol. The molecule has 0 bridgehead atoms. The van der Waals surface area contributed by atoms with Crippen molar-refractivity contribution in [3.8, 4) is 5.69 Å². The van der Waals surface area contributed by atoms with Gasteiger partial charge in [0.05, 0.1) is 11.9 Å². The van der Waals surface area contributed by atoms with Crippen molar-refractivity contribution < 1.29 is 0 Å². The number of halogens is 1. The standard InChI is InChI=1S/C13H15ClN2/c1-3-4-13-10(2)9-15-16(13)12-7-5-11(14)6-8-12/h5-9H,3-4H2,1-2H3. The normalized spacial score (nSPS) is 10.7. The van der Waals surface area contributed by atoms with E-state index in [1.54, 1.807) is 0 Å². The van der Waals surface area contributed by atoms with Crippen molar-refractivity contribution >= 4 is 11.6 Å². The molecule has 1 heterocycles. The largest absolute Gasteiger partial charge is 0.238 e. The quantitative estimate of drug-likeness (QED) is 0.790. The van der Waals surface area contributed by atoms with E-state index in [2.05, 4.69) is 18.9 Å². The monoisotopic (exact) mass is 234 g/mol. The molecule has 16 heavy (non-hydrogen) atoms. The number of aryl methyl sites for hydroxylation is 1. The molecule has 0 amide bonds. The van der Waals surface area contributed by atoms with Gasteiger partial charge >= 0.3 is 0 Å². The number of hydrogen-bond donors (Lipinski definition) is 0. The van der Waals surface area contributed by atoms with Crippen LogP contribution in [0, 0.1) is 6.92 Å². The Hall–Kier alpha value is -1.28. The Labute approximate surface area is 101 Å². The van der Waals surface area contributed by atoms with Crippen molar-refractivity contribution in [1.82, 2.24) is 9.78 Å². The molecule has 0 N–H and O–H groups in total. The fraction of sp³-hybridized carbons (Fsp3) is 0.308. The second-order valence-electron chi connectivity index (χ2n) is 3.91. The van der Waals surface area contributed by atoms with Gasteiger partial charge in [-0.3, -0.25) is 0 Å². The minimum absolute atomic E-state index is 0.754. The second kappa shape index (κ2) is 4.71. The summed E-state index contributed by atoms with van der Waals surface area (Å²) in [5.41, 5.74) is 3.60. The summed E-state index contributed by atoms with van der Waals surface area (Å²) < 4.78 is 2.00. The van der Waals surface area contributed by atoms with Gasteiger partial charge in [0.1, 0.15) is 0 Å². The van der Waals surface area contributed by atoms with Crippen molar-refractivity contribution in [1.29, 1.82) is 0 Å². The van der Waals surface area contributed by atoms with Gasteiger partial charge < -0.3 is 0 Å². The van der Waals surface area contributed by atoms with E-state index >= 15 is 0 Å². The lowest BCUT2D eigenvalue weighted by molar-refractivity contribution is 0.772. The molecule has 0 saturated heterocycles. The zero-order chi connectivity index (χ0) is 11.5. The molecule has 0 fully saturated rings. The molecule has 0 saturated carbocycles. The van der Waals surface area contributed by atoms with Crippen LogP contribution >= 0.6 is 11.6 Å². The Morgan fingerprint density at radius 1 is 1.25 bits per heavy atom. The molecule has 0 aliphatic heterocycles. The maximum Gasteiger partial charge on any atom is 0.0649 e. The highest BCUT2D eigenvalue weighted by molar-refractivity contribution is 6.30. The minimum Gasteiger partial charge on any atom is -0.238 e. The van der Waals surface area contributed by atoms with Gasteiger partial charge in [0, 0.05) is 10.7 Å². The van der Waals surface area contributed by atoms with Gasteiger partial charge in [-0.2, -0.15) is 5.10 Å². The van der Waals surface area contributed by atoms with Gasteiger partial charge in [-0.1, -0.05) is 24.9 Å². The molecule has 84 valence electrons. The lowest BCUT2D eigenvalue weighted by Crippen LogP contribution is -2.02. The molecular weight excluding hydrogens is 220 g/mol. The van der Waals surface area contributed by atoms with Gasteiger partial charge in [-0.25, -0.2) is 4.68 Å². The fourth-order valence-electron chi connectivity index (χ4n) is 1.80. The third-order valence-corrected chi connectivity index (χ3v) is 2.89. The van der Waals surface area contributed by atoms with Crippen LogP contribution in [0.3, 0.4) is 0 Å². The molecule has 0 spiro atoms. The zero-order valence-corrected chi connectivity index (χ0v) is 10.3. The molecule has 2 aromatic rings. The minimum atomic E-state index is 0.754. The van der Waals surface area contributed by atoms with Crippen molar-refractivity contribution in [2.24, 2.45) is 0 Å². The molecule has 0 aliphatic carbocycles. The molecule has 3 heteroatoms. The van der Waals surface area contributed by atoms with Crippen LogP contribution in [0.4, 0.5) is 0 Å². The maximum absolute atomic E-state index is 5.88. The van der Waals surface area contributed by atoms with Crippen LogP contribution in [-0.4, -0.2) is 9.78 Å². The first-order valence-corrected chi connectivity index (χ1v) is 5.89. The average molecular weight is 235 g/mol. The van der Waals surface area contributed by atoms with Crippen molar-refractivity contribution in [3.05, 3.63) is 46.7 Å². The van der Waals surface area contributed by atoms with Crippen LogP contribution in [0.25, 0.3) is 5.69 Å². The summed E-state index contributed by atoms with van der Waals surface area (Å²) in [5.74, 6) is 0. The van der Waals surface area contributed by atoms with E-state index in [1.807, 2.05) is 35.1 Å². The summed E-state index contributed by atoms with van der Waals surface area (Å²) in [4.78, 5) is 0. The molecule has 0 unspecified atom stereocenters. The molecule has 0 radical (unpaired) electrons. The molecule has 2 rings (SSSR count). The summed E-state index contributed by atoms with van der Waals surface area (Å²) in [5, 5.41) is 5.16. The Kier molecular flexibility index (Phi) is 3.30. The van der Waals surface area contributed by atoms with E-state index in [0.29, 0.717) is 0 Å². The predicted octanol–water partition coefficient (Wildman–Crippen LogP) is 3.79. The van der Waals surface area contributed by atoms with Crippen LogP contribution in [0.1, 0.15) is 24.6 Å². The third kappa shape index (κ3) is 2.12. The summed E-state index contributed by atoms with van der Waals surface area (Å²) >= 11 is 5.88. The molecule has 1 aromatic heterocycles. The van der Waals surface area contributed by atoms with Gasteiger partial charge in [-0.05, 0) is 43.2 Å². The smallest absolute Gasteiger partial charge is 0.0649 e. The van der Waals surface area contributed by atoms with E-state index in [4.69, 9.17) is 11.6 Å². The van der Waals surface area contributed by atoms with E-state index in [1.165, 1.54) is 11.3 Å². The van der Waals surface area contributed by atoms with Gasteiger partial charge in [0.25, 0.3) is 0 Å². The first-order valence-electron chi connectivity index (χ1n) is 5.52. The summed E-state index contributed by atoms with van der Waals surface area (Å²) in [6.45, 7) is 4.28. The number of aromatic nitrogens is 2. The van der Waals surface area contributed by atoms with E-state index in [-0.39, 0.29) is 0 Å². The SMILES string of the molecule is CCCc1c(C)cnn1-c1ccc(Cl)cc1. The van der Waals surface area contributed by atoms with Crippen LogP contribution in [0.15, 0.2) is 30.5 Å². The first kappa shape index (κ1) is 11.2. The van der Waals surface area contributed by atoms with Gasteiger partial charge in [0.15, 0.2) is 0 Å². The highest BCUT2D eigenvalue weighted by atomic mass is 35.5. The maximum atomic E-state index is 5.88. The third-order valence-electron chi connectivity index (χ3n) is 2.64. The number of rotatable bonds is 3. The summed E-state index contributed by atoms with van der Waals surface area (Å²) in [6.07, 6.45) is 4.09. The Balaban J connectivity index is 2.43. The highest BCUT2D eigenvalue weighted by Crippen LogP contribution is 2.18. The van der Waals surface area contributed by atoms with Gasteiger partial charge in [-0.15, -0.1) is 0 Å².